The maximum atomic E-state index is 12.0. The van der Waals surface area contributed by atoms with Crippen molar-refractivity contribution in [3.63, 3.8) is 0 Å². The van der Waals surface area contributed by atoms with Gasteiger partial charge in [-0.15, -0.1) is 0 Å². The highest BCUT2D eigenvalue weighted by Crippen LogP contribution is 2.22. The number of pyridine rings is 1. The number of nitrogens with one attached hydrogen (secondary N) is 1. The van der Waals surface area contributed by atoms with E-state index >= 15 is 0 Å². The van der Waals surface area contributed by atoms with Gasteiger partial charge in [-0.25, -0.2) is 4.98 Å². The van der Waals surface area contributed by atoms with Crippen molar-refractivity contribution in [3.8, 4) is 11.6 Å². The zero-order valence-corrected chi connectivity index (χ0v) is 16.0. The molecule has 2 aromatic carbocycles. The smallest absolute Gasteiger partial charge is 0.265 e. The molecular weight excluding hydrogens is 368 g/mol. The first-order valence-corrected chi connectivity index (χ1v) is 9.18. The summed E-state index contributed by atoms with van der Waals surface area (Å²) in [6.07, 6.45) is 2.53. The van der Waals surface area contributed by atoms with Crippen LogP contribution in [0.5, 0.6) is 11.6 Å². The van der Waals surface area contributed by atoms with Gasteiger partial charge in [0.2, 0.25) is 5.88 Å². The van der Waals surface area contributed by atoms with E-state index in [0.717, 1.165) is 6.42 Å². The Morgan fingerprint density at radius 3 is 2.55 bits per heavy atom. The summed E-state index contributed by atoms with van der Waals surface area (Å²) in [5, 5.41) is 6.56. The molecule has 0 fully saturated rings. The normalized spacial score (nSPS) is 11.0. The third kappa shape index (κ3) is 5.80. The van der Waals surface area contributed by atoms with E-state index in [0.29, 0.717) is 22.9 Å². The quantitative estimate of drug-likeness (QED) is 0.347. The predicted molar refractivity (Wildman–Crippen MR) is 112 cm³/mol. The van der Waals surface area contributed by atoms with E-state index in [4.69, 9.17) is 15.3 Å². The van der Waals surface area contributed by atoms with Crippen LogP contribution in [0.1, 0.15) is 18.1 Å². The van der Waals surface area contributed by atoms with Crippen molar-refractivity contribution in [2.24, 2.45) is 10.9 Å². The molecule has 29 heavy (non-hydrogen) atoms. The van der Waals surface area contributed by atoms with Crippen LogP contribution in [0.4, 0.5) is 5.69 Å². The number of oxime groups is 1. The second-order valence-electron chi connectivity index (χ2n) is 6.12. The van der Waals surface area contributed by atoms with Gasteiger partial charge in [0.25, 0.3) is 5.91 Å². The van der Waals surface area contributed by atoms with Crippen LogP contribution in [-0.2, 0) is 16.1 Å². The standard InChI is InChI=1S/C22H22N4O3/c1-2-16-10-12-17(13-11-16)25-20(27)15-28-26-21(23)19-9-6-14-24-22(19)29-18-7-4-3-5-8-18/h3-14H,2,15H2,1H3,(H2,23,26)(H,25,27). The van der Waals surface area contributed by atoms with Crippen LogP contribution in [0.25, 0.3) is 0 Å². The molecule has 0 saturated carbocycles. The lowest BCUT2D eigenvalue weighted by molar-refractivity contribution is -0.120. The number of hydrogen-bond acceptors (Lipinski definition) is 5. The van der Waals surface area contributed by atoms with Crippen molar-refractivity contribution < 1.29 is 14.4 Å². The average Bonchev–Trinajstić information content (AvgIpc) is 2.75. The Kier molecular flexibility index (Phi) is 6.78. The molecule has 0 radical (unpaired) electrons. The molecule has 0 spiro atoms. The summed E-state index contributed by atoms with van der Waals surface area (Å²) >= 11 is 0. The Balaban J connectivity index is 1.59. The van der Waals surface area contributed by atoms with Gasteiger partial charge in [-0.3, -0.25) is 4.79 Å². The van der Waals surface area contributed by atoms with Gasteiger partial charge >= 0.3 is 0 Å². The van der Waals surface area contributed by atoms with Crippen molar-refractivity contribution in [1.82, 2.24) is 4.98 Å². The first kappa shape index (κ1) is 19.9. The van der Waals surface area contributed by atoms with E-state index in [1.54, 1.807) is 30.5 Å². The van der Waals surface area contributed by atoms with E-state index in [1.165, 1.54) is 5.56 Å². The van der Waals surface area contributed by atoms with Crippen molar-refractivity contribution in [2.75, 3.05) is 11.9 Å². The largest absolute Gasteiger partial charge is 0.438 e. The number of nitrogens with zero attached hydrogens (tertiary/aromatic N) is 2. The fourth-order valence-electron chi connectivity index (χ4n) is 2.50. The van der Waals surface area contributed by atoms with Crippen LogP contribution in [0.15, 0.2) is 78.1 Å². The fourth-order valence-corrected chi connectivity index (χ4v) is 2.50. The van der Waals surface area contributed by atoms with Gasteiger partial charge in [0.15, 0.2) is 12.4 Å². The van der Waals surface area contributed by atoms with Crippen LogP contribution in [0.2, 0.25) is 0 Å². The first-order valence-electron chi connectivity index (χ1n) is 9.18. The summed E-state index contributed by atoms with van der Waals surface area (Å²) in [4.78, 5) is 21.3. The van der Waals surface area contributed by atoms with Gasteiger partial charge < -0.3 is 20.6 Å². The second kappa shape index (κ2) is 9.89. The number of amides is 1. The number of nitrogens with two attached hydrogens (primary N) is 1. The number of benzene rings is 2. The second-order valence-corrected chi connectivity index (χ2v) is 6.12. The maximum absolute atomic E-state index is 12.0. The number of carbonyl (C=O) groups excluding carboxylic acids is 1. The lowest BCUT2D eigenvalue weighted by atomic mass is 10.1. The molecule has 0 unspecified atom stereocenters. The molecule has 0 aliphatic rings. The summed E-state index contributed by atoms with van der Waals surface area (Å²) in [5.41, 5.74) is 8.35. The molecular formula is C22H22N4O3. The molecule has 1 heterocycles. The molecule has 0 atom stereocenters. The maximum Gasteiger partial charge on any atom is 0.265 e. The zero-order valence-electron chi connectivity index (χ0n) is 16.0. The van der Waals surface area contributed by atoms with Gasteiger partial charge in [0.1, 0.15) is 5.75 Å². The minimum absolute atomic E-state index is 0.0594. The van der Waals surface area contributed by atoms with E-state index in [-0.39, 0.29) is 18.3 Å². The van der Waals surface area contributed by atoms with Crippen LogP contribution in [-0.4, -0.2) is 23.3 Å². The third-order valence-corrected chi connectivity index (χ3v) is 4.01. The molecule has 0 aliphatic heterocycles. The third-order valence-electron chi connectivity index (χ3n) is 4.01. The zero-order chi connectivity index (χ0) is 20.5. The van der Waals surface area contributed by atoms with E-state index in [9.17, 15) is 4.79 Å². The Morgan fingerprint density at radius 1 is 1.07 bits per heavy atom. The number of aryl methyl sites for hydroxylation is 1. The molecule has 1 aromatic heterocycles. The topological polar surface area (TPSA) is 98.8 Å². The minimum atomic E-state index is -0.335. The number of anilines is 1. The highest BCUT2D eigenvalue weighted by atomic mass is 16.6. The molecule has 7 nitrogen and oxygen atoms in total. The Morgan fingerprint density at radius 2 is 1.83 bits per heavy atom. The molecule has 0 bridgehead atoms. The highest BCUT2D eigenvalue weighted by Gasteiger charge is 2.11. The lowest BCUT2D eigenvalue weighted by Gasteiger charge is -2.09. The Labute approximate surface area is 169 Å². The van der Waals surface area contributed by atoms with E-state index in [1.807, 2.05) is 42.5 Å². The summed E-state index contributed by atoms with van der Waals surface area (Å²) in [6, 6.07) is 20.2. The summed E-state index contributed by atoms with van der Waals surface area (Å²) in [5.74, 6) is 0.639. The number of aromatic nitrogens is 1. The number of amidine groups is 1. The van der Waals surface area contributed by atoms with E-state index < -0.39 is 0 Å². The van der Waals surface area contributed by atoms with Gasteiger partial charge in [-0.2, -0.15) is 0 Å². The first-order chi connectivity index (χ1) is 14.2. The van der Waals surface area contributed by atoms with Crippen molar-refractivity contribution in [2.45, 2.75) is 13.3 Å². The van der Waals surface area contributed by atoms with Crippen molar-refractivity contribution in [1.29, 1.82) is 0 Å². The number of ether oxygens (including phenoxy) is 1. The molecule has 7 heteroatoms. The Hall–Kier alpha value is -3.87. The SMILES string of the molecule is CCc1ccc(NC(=O)CO/N=C(\N)c2cccnc2Oc2ccccc2)cc1. The Bertz CT molecular complexity index is 973. The molecule has 3 rings (SSSR count). The van der Waals surface area contributed by atoms with Crippen LogP contribution < -0.4 is 15.8 Å². The highest BCUT2D eigenvalue weighted by molar-refractivity contribution is 5.99. The summed E-state index contributed by atoms with van der Waals surface area (Å²) in [7, 11) is 0. The van der Waals surface area contributed by atoms with Gasteiger partial charge in [0, 0.05) is 11.9 Å². The molecule has 0 saturated heterocycles. The van der Waals surface area contributed by atoms with Crippen molar-refractivity contribution in [3.05, 3.63) is 84.1 Å². The lowest BCUT2D eigenvalue weighted by Crippen LogP contribution is -2.20. The monoisotopic (exact) mass is 390 g/mol. The summed E-state index contributed by atoms with van der Waals surface area (Å²) < 4.78 is 5.75. The van der Waals surface area contributed by atoms with Gasteiger partial charge in [0.05, 0.1) is 5.56 Å². The van der Waals surface area contributed by atoms with E-state index in [2.05, 4.69) is 22.4 Å². The number of carbonyl (C=O) groups is 1. The summed E-state index contributed by atoms with van der Waals surface area (Å²) in [6.45, 7) is 1.80. The minimum Gasteiger partial charge on any atom is -0.438 e. The van der Waals surface area contributed by atoms with Crippen LogP contribution >= 0.6 is 0 Å². The molecule has 3 aromatic rings. The number of hydrogen-bond donors (Lipinski definition) is 2. The van der Waals surface area contributed by atoms with Gasteiger partial charge in [-0.1, -0.05) is 42.4 Å². The number of para-hydroxylation sites is 1. The van der Waals surface area contributed by atoms with Crippen LogP contribution in [0.3, 0.4) is 0 Å². The fraction of sp³-hybridized carbons (Fsp3) is 0.136. The predicted octanol–water partition coefficient (Wildman–Crippen LogP) is 3.71. The van der Waals surface area contributed by atoms with Crippen molar-refractivity contribution >= 4 is 17.4 Å². The van der Waals surface area contributed by atoms with Crippen LogP contribution in [0, 0.1) is 0 Å². The molecule has 148 valence electrons. The molecule has 0 aliphatic carbocycles. The van der Waals surface area contributed by atoms with Gasteiger partial charge in [-0.05, 0) is 48.4 Å². The average molecular weight is 390 g/mol. The number of rotatable bonds is 8. The molecule has 1 amide bonds. The molecule has 3 N–H and O–H groups in total.